The largest absolute Gasteiger partial charge is 0.508 e. The van der Waals surface area contributed by atoms with Crippen molar-refractivity contribution in [3.05, 3.63) is 95.6 Å². The second-order valence-corrected chi connectivity index (χ2v) is 6.91. The molecule has 3 rings (SSSR count). The molecule has 0 saturated heterocycles. The van der Waals surface area contributed by atoms with Crippen molar-refractivity contribution in [1.82, 2.24) is 0 Å². The summed E-state index contributed by atoms with van der Waals surface area (Å²) >= 11 is 0. The van der Waals surface area contributed by atoms with Gasteiger partial charge in [-0.25, -0.2) is 0 Å². The van der Waals surface area contributed by atoms with Gasteiger partial charge in [0.05, 0.1) is 6.61 Å². The van der Waals surface area contributed by atoms with Crippen molar-refractivity contribution in [2.24, 2.45) is 0 Å². The van der Waals surface area contributed by atoms with E-state index in [4.69, 9.17) is 4.74 Å². The minimum Gasteiger partial charge on any atom is -0.508 e. The van der Waals surface area contributed by atoms with Crippen LogP contribution in [0.2, 0.25) is 0 Å². The molecular weight excluding hydrogens is 332 g/mol. The molecule has 140 valence electrons. The van der Waals surface area contributed by atoms with Crippen LogP contribution < -0.4 is 4.74 Å². The first-order valence-corrected chi connectivity index (χ1v) is 9.79. The van der Waals surface area contributed by atoms with Gasteiger partial charge in [0.2, 0.25) is 0 Å². The zero-order chi connectivity index (χ0) is 19.1. The maximum absolute atomic E-state index is 9.72. The summed E-state index contributed by atoms with van der Waals surface area (Å²) in [7, 11) is 0. The average molecular weight is 360 g/mol. The van der Waals surface area contributed by atoms with Crippen LogP contribution in [0, 0.1) is 0 Å². The summed E-state index contributed by atoms with van der Waals surface area (Å²) in [6.07, 6.45) is 2.04. The molecule has 2 atom stereocenters. The second-order valence-electron chi connectivity index (χ2n) is 6.91. The topological polar surface area (TPSA) is 29.5 Å². The Kier molecular flexibility index (Phi) is 6.54. The van der Waals surface area contributed by atoms with Crippen LogP contribution in [0.5, 0.6) is 11.5 Å². The molecule has 27 heavy (non-hydrogen) atoms. The van der Waals surface area contributed by atoms with Crippen LogP contribution >= 0.6 is 0 Å². The van der Waals surface area contributed by atoms with Gasteiger partial charge in [-0.1, -0.05) is 68.4 Å². The quantitative estimate of drug-likeness (QED) is 0.496. The molecule has 0 aliphatic rings. The molecule has 3 aromatic rings. The van der Waals surface area contributed by atoms with Crippen LogP contribution in [0.25, 0.3) is 0 Å². The monoisotopic (exact) mass is 360 g/mol. The fourth-order valence-electron chi connectivity index (χ4n) is 3.69. The molecular formula is C25H28O2. The predicted molar refractivity (Wildman–Crippen MR) is 112 cm³/mol. The molecule has 0 aromatic heterocycles. The van der Waals surface area contributed by atoms with E-state index in [1.807, 2.05) is 12.1 Å². The maximum atomic E-state index is 9.72. The molecule has 3 aromatic carbocycles. The molecule has 0 saturated carbocycles. The Hall–Kier alpha value is -2.74. The highest BCUT2D eigenvalue weighted by atomic mass is 16.5. The molecule has 0 aliphatic carbocycles. The molecule has 0 fully saturated rings. The van der Waals surface area contributed by atoms with Gasteiger partial charge in [-0.2, -0.15) is 0 Å². The van der Waals surface area contributed by atoms with Crippen LogP contribution in [-0.4, -0.2) is 11.7 Å². The third-order valence-electron chi connectivity index (χ3n) is 5.03. The van der Waals surface area contributed by atoms with Crippen LogP contribution in [-0.2, 0) is 0 Å². The van der Waals surface area contributed by atoms with Gasteiger partial charge < -0.3 is 9.84 Å². The SMILES string of the molecule is CCCOc1ccc(C(c2ccc(O)cc2)C(CC)c2ccccc2)cc1. The lowest BCUT2D eigenvalue weighted by Gasteiger charge is -2.28. The van der Waals surface area contributed by atoms with E-state index >= 15 is 0 Å². The lowest BCUT2D eigenvalue weighted by Crippen LogP contribution is -2.12. The Morgan fingerprint density at radius 3 is 1.89 bits per heavy atom. The Morgan fingerprint density at radius 2 is 1.33 bits per heavy atom. The van der Waals surface area contributed by atoms with Crippen LogP contribution in [0.3, 0.4) is 0 Å². The summed E-state index contributed by atoms with van der Waals surface area (Å²) in [5.41, 5.74) is 3.82. The van der Waals surface area contributed by atoms with Gasteiger partial charge in [0.25, 0.3) is 0 Å². The number of hydrogen-bond acceptors (Lipinski definition) is 2. The fourth-order valence-corrected chi connectivity index (χ4v) is 3.69. The van der Waals surface area contributed by atoms with Crippen molar-refractivity contribution in [3.8, 4) is 11.5 Å². The summed E-state index contributed by atoms with van der Waals surface area (Å²) in [5, 5.41) is 9.72. The van der Waals surface area contributed by atoms with E-state index in [-0.39, 0.29) is 5.92 Å². The summed E-state index contributed by atoms with van der Waals surface area (Å²) < 4.78 is 5.75. The smallest absolute Gasteiger partial charge is 0.119 e. The molecule has 2 heteroatoms. The minimum absolute atomic E-state index is 0.221. The molecule has 0 radical (unpaired) electrons. The first-order chi connectivity index (χ1) is 13.2. The van der Waals surface area contributed by atoms with Crippen molar-refractivity contribution in [3.63, 3.8) is 0 Å². The summed E-state index contributed by atoms with van der Waals surface area (Å²) in [6, 6.07) is 26.8. The highest BCUT2D eigenvalue weighted by Gasteiger charge is 2.25. The number of rotatable bonds is 8. The lowest BCUT2D eigenvalue weighted by molar-refractivity contribution is 0.317. The fraction of sp³-hybridized carbons (Fsp3) is 0.280. The number of ether oxygens (including phenoxy) is 1. The standard InChI is InChI=1S/C25H28O2/c1-3-18-27-23-16-12-21(13-17-23)25(20-10-14-22(26)15-11-20)24(4-2)19-8-6-5-7-9-19/h5-17,24-26H,3-4,18H2,1-2H3. The molecule has 2 nitrogen and oxygen atoms in total. The Morgan fingerprint density at radius 1 is 0.741 bits per heavy atom. The summed E-state index contributed by atoms with van der Waals surface area (Å²) in [5.74, 6) is 1.79. The van der Waals surface area contributed by atoms with Crippen molar-refractivity contribution >= 4 is 0 Å². The molecule has 0 spiro atoms. The van der Waals surface area contributed by atoms with E-state index in [0.717, 1.165) is 25.2 Å². The van der Waals surface area contributed by atoms with Crippen LogP contribution in [0.4, 0.5) is 0 Å². The molecule has 0 amide bonds. The van der Waals surface area contributed by atoms with E-state index in [1.165, 1.54) is 16.7 Å². The molecule has 0 bridgehead atoms. The van der Waals surface area contributed by atoms with Gasteiger partial charge in [-0.15, -0.1) is 0 Å². The van der Waals surface area contributed by atoms with Gasteiger partial charge in [-0.3, -0.25) is 0 Å². The molecule has 1 N–H and O–H groups in total. The lowest BCUT2D eigenvalue weighted by atomic mass is 9.76. The zero-order valence-electron chi connectivity index (χ0n) is 16.1. The van der Waals surface area contributed by atoms with E-state index in [1.54, 1.807) is 12.1 Å². The zero-order valence-corrected chi connectivity index (χ0v) is 16.1. The highest BCUT2D eigenvalue weighted by molar-refractivity contribution is 5.41. The van der Waals surface area contributed by atoms with E-state index < -0.39 is 0 Å². The van der Waals surface area contributed by atoms with E-state index in [2.05, 4.69) is 68.4 Å². The predicted octanol–water partition coefficient (Wildman–Crippen LogP) is 6.51. The highest BCUT2D eigenvalue weighted by Crippen LogP contribution is 2.41. The first-order valence-electron chi connectivity index (χ1n) is 9.79. The number of benzene rings is 3. The number of phenols is 1. The number of hydrogen-bond donors (Lipinski definition) is 1. The molecule has 2 unspecified atom stereocenters. The van der Waals surface area contributed by atoms with Crippen LogP contribution in [0.15, 0.2) is 78.9 Å². The van der Waals surface area contributed by atoms with Crippen molar-refractivity contribution in [1.29, 1.82) is 0 Å². The van der Waals surface area contributed by atoms with Gasteiger partial charge in [0, 0.05) is 5.92 Å². The van der Waals surface area contributed by atoms with Gasteiger partial charge >= 0.3 is 0 Å². The molecule has 0 heterocycles. The Bertz CT molecular complexity index is 807. The number of aromatic hydroxyl groups is 1. The van der Waals surface area contributed by atoms with Gasteiger partial charge in [-0.05, 0) is 59.7 Å². The van der Waals surface area contributed by atoms with Crippen molar-refractivity contribution < 1.29 is 9.84 Å². The molecule has 0 aliphatic heterocycles. The normalized spacial score (nSPS) is 13.1. The summed E-state index contributed by atoms with van der Waals surface area (Å²) in [4.78, 5) is 0. The first kappa shape index (κ1) is 19.0. The maximum Gasteiger partial charge on any atom is 0.119 e. The third kappa shape index (κ3) is 4.71. The van der Waals surface area contributed by atoms with E-state index in [0.29, 0.717) is 11.7 Å². The van der Waals surface area contributed by atoms with Crippen molar-refractivity contribution in [2.75, 3.05) is 6.61 Å². The second kappa shape index (κ2) is 9.27. The average Bonchev–Trinajstić information content (AvgIpc) is 2.72. The Labute approximate surface area is 162 Å². The van der Waals surface area contributed by atoms with Gasteiger partial charge in [0.15, 0.2) is 0 Å². The van der Waals surface area contributed by atoms with E-state index in [9.17, 15) is 5.11 Å². The summed E-state index contributed by atoms with van der Waals surface area (Å²) in [6.45, 7) is 5.09. The number of phenolic OH excluding ortho intramolecular Hbond substituents is 1. The third-order valence-corrected chi connectivity index (χ3v) is 5.03. The van der Waals surface area contributed by atoms with Crippen LogP contribution in [0.1, 0.15) is 55.2 Å². The van der Waals surface area contributed by atoms with Crippen molar-refractivity contribution in [2.45, 2.75) is 38.5 Å². The van der Waals surface area contributed by atoms with Gasteiger partial charge in [0.1, 0.15) is 11.5 Å². The Balaban J connectivity index is 2.00. The minimum atomic E-state index is 0.221.